The summed E-state index contributed by atoms with van der Waals surface area (Å²) in [4.78, 5) is 16.6. The van der Waals surface area contributed by atoms with Gasteiger partial charge in [-0.05, 0) is 49.6 Å². The van der Waals surface area contributed by atoms with E-state index in [0.29, 0.717) is 19.6 Å². The van der Waals surface area contributed by atoms with Crippen LogP contribution in [0, 0.1) is 26.6 Å². The molecule has 1 saturated heterocycles. The maximum atomic E-state index is 12.9. The molecule has 0 saturated carbocycles. The first-order chi connectivity index (χ1) is 12.4. The summed E-state index contributed by atoms with van der Waals surface area (Å²) in [5.41, 5.74) is 6.04. The molecule has 0 atom stereocenters. The number of urea groups is 1. The van der Waals surface area contributed by atoms with Gasteiger partial charge in [-0.2, -0.15) is 0 Å². The number of aryl methyl sites for hydroxylation is 3. The number of piperazine rings is 1. The number of benzene rings is 2. The molecule has 0 bridgehead atoms. The van der Waals surface area contributed by atoms with Crippen molar-refractivity contribution in [3.63, 3.8) is 0 Å². The molecule has 1 aliphatic heterocycles. The van der Waals surface area contributed by atoms with Crippen molar-refractivity contribution in [2.75, 3.05) is 31.1 Å². The lowest BCUT2D eigenvalue weighted by atomic mass is 10.0. The zero-order valence-corrected chi connectivity index (χ0v) is 15.7. The lowest BCUT2D eigenvalue weighted by Gasteiger charge is -2.37. The van der Waals surface area contributed by atoms with Crippen LogP contribution >= 0.6 is 0 Å². The van der Waals surface area contributed by atoms with Crippen molar-refractivity contribution in [3.05, 3.63) is 64.5 Å². The molecule has 1 aliphatic rings. The lowest BCUT2D eigenvalue weighted by molar-refractivity contribution is 0.194. The molecular weight excluding hydrogens is 329 g/mol. The van der Waals surface area contributed by atoms with Gasteiger partial charge in [0, 0.05) is 38.4 Å². The first kappa shape index (κ1) is 18.2. The molecule has 0 spiro atoms. The Morgan fingerprint density at radius 2 is 1.58 bits per heavy atom. The van der Waals surface area contributed by atoms with Gasteiger partial charge in [0.25, 0.3) is 0 Å². The van der Waals surface area contributed by atoms with Crippen molar-refractivity contribution < 1.29 is 9.18 Å². The van der Waals surface area contributed by atoms with E-state index < -0.39 is 0 Å². The molecule has 138 valence electrons. The maximum Gasteiger partial charge on any atom is 0.317 e. The van der Waals surface area contributed by atoms with E-state index in [2.05, 4.69) is 43.1 Å². The Labute approximate surface area is 154 Å². The second kappa shape index (κ2) is 7.77. The summed E-state index contributed by atoms with van der Waals surface area (Å²) >= 11 is 0. The van der Waals surface area contributed by atoms with Crippen molar-refractivity contribution in [2.24, 2.45) is 0 Å². The van der Waals surface area contributed by atoms with E-state index >= 15 is 0 Å². The number of carbonyl (C=O) groups excluding carboxylic acids is 1. The van der Waals surface area contributed by atoms with E-state index in [1.54, 1.807) is 12.1 Å². The van der Waals surface area contributed by atoms with Gasteiger partial charge >= 0.3 is 6.03 Å². The van der Waals surface area contributed by atoms with E-state index in [1.165, 1.54) is 34.5 Å². The van der Waals surface area contributed by atoms with Gasteiger partial charge in [0.05, 0.1) is 0 Å². The number of nitrogens with one attached hydrogen (secondary N) is 1. The largest absolute Gasteiger partial charge is 0.368 e. The van der Waals surface area contributed by atoms with E-state index in [-0.39, 0.29) is 11.8 Å². The molecule has 1 heterocycles. The minimum atomic E-state index is -0.266. The maximum absolute atomic E-state index is 12.9. The zero-order chi connectivity index (χ0) is 18.7. The molecule has 2 aromatic rings. The molecular formula is C21H26FN3O. The topological polar surface area (TPSA) is 35.6 Å². The Hall–Kier alpha value is -2.56. The molecule has 3 rings (SSSR count). The molecule has 0 aromatic heterocycles. The van der Waals surface area contributed by atoms with Gasteiger partial charge in [0.2, 0.25) is 0 Å². The van der Waals surface area contributed by atoms with Crippen LogP contribution in [-0.2, 0) is 6.54 Å². The lowest BCUT2D eigenvalue weighted by Crippen LogP contribution is -2.52. The fourth-order valence-electron chi connectivity index (χ4n) is 3.70. The number of hydrogen-bond donors (Lipinski definition) is 1. The van der Waals surface area contributed by atoms with Crippen molar-refractivity contribution in [1.82, 2.24) is 10.2 Å². The van der Waals surface area contributed by atoms with E-state index in [4.69, 9.17) is 0 Å². The van der Waals surface area contributed by atoms with Crippen LogP contribution in [0.1, 0.15) is 22.3 Å². The van der Waals surface area contributed by atoms with E-state index in [0.717, 1.165) is 18.7 Å². The summed E-state index contributed by atoms with van der Waals surface area (Å²) in [6.07, 6.45) is 0. The van der Waals surface area contributed by atoms with E-state index in [9.17, 15) is 9.18 Å². The Kier molecular flexibility index (Phi) is 5.45. The zero-order valence-electron chi connectivity index (χ0n) is 15.7. The molecule has 26 heavy (non-hydrogen) atoms. The third-order valence-corrected chi connectivity index (χ3v) is 4.88. The number of halogens is 1. The predicted octanol–water partition coefficient (Wildman–Crippen LogP) is 3.78. The molecule has 2 amide bonds. The molecule has 5 heteroatoms. The molecule has 0 radical (unpaired) electrons. The molecule has 1 N–H and O–H groups in total. The van der Waals surface area contributed by atoms with Gasteiger partial charge in [0.15, 0.2) is 0 Å². The first-order valence-corrected chi connectivity index (χ1v) is 9.04. The summed E-state index contributed by atoms with van der Waals surface area (Å²) in [5.74, 6) is -0.266. The molecule has 0 aliphatic carbocycles. The third kappa shape index (κ3) is 4.15. The summed E-state index contributed by atoms with van der Waals surface area (Å²) in [5, 5.41) is 2.92. The Morgan fingerprint density at radius 1 is 1.00 bits per heavy atom. The Morgan fingerprint density at radius 3 is 2.15 bits per heavy atom. The van der Waals surface area contributed by atoms with Crippen molar-refractivity contribution >= 4 is 11.7 Å². The summed E-state index contributed by atoms with van der Waals surface area (Å²) in [6.45, 7) is 9.88. The minimum Gasteiger partial charge on any atom is -0.368 e. The monoisotopic (exact) mass is 355 g/mol. The van der Waals surface area contributed by atoms with Crippen LogP contribution in [0.15, 0.2) is 36.4 Å². The van der Waals surface area contributed by atoms with Crippen molar-refractivity contribution in [3.8, 4) is 0 Å². The van der Waals surface area contributed by atoms with Gasteiger partial charge in [-0.25, -0.2) is 9.18 Å². The van der Waals surface area contributed by atoms with Gasteiger partial charge in [-0.15, -0.1) is 0 Å². The second-order valence-corrected chi connectivity index (χ2v) is 7.01. The average Bonchev–Trinajstić information content (AvgIpc) is 2.61. The SMILES string of the molecule is Cc1cc(C)c(N2CCN(C(=O)NCc3ccc(F)cc3)CC2)c(C)c1. The standard InChI is InChI=1S/C21H26FN3O/c1-15-12-16(2)20(17(3)13-15)24-8-10-25(11-9-24)21(26)23-14-18-4-6-19(22)7-5-18/h4-7,12-13H,8-11,14H2,1-3H3,(H,23,26). The first-order valence-electron chi connectivity index (χ1n) is 9.04. The highest BCUT2D eigenvalue weighted by molar-refractivity contribution is 5.74. The smallest absolute Gasteiger partial charge is 0.317 e. The Bertz CT molecular complexity index is 757. The molecule has 0 unspecified atom stereocenters. The second-order valence-electron chi connectivity index (χ2n) is 7.01. The van der Waals surface area contributed by atoms with Crippen LogP contribution in [-0.4, -0.2) is 37.1 Å². The highest BCUT2D eigenvalue weighted by Gasteiger charge is 2.22. The highest BCUT2D eigenvalue weighted by atomic mass is 19.1. The minimum absolute atomic E-state index is 0.0636. The summed E-state index contributed by atoms with van der Waals surface area (Å²) in [6, 6.07) is 10.6. The fourth-order valence-corrected chi connectivity index (χ4v) is 3.70. The number of anilines is 1. The highest BCUT2D eigenvalue weighted by Crippen LogP contribution is 2.27. The normalized spacial score (nSPS) is 14.5. The predicted molar refractivity (Wildman–Crippen MR) is 103 cm³/mol. The van der Waals surface area contributed by atoms with Gasteiger partial charge < -0.3 is 15.1 Å². The number of nitrogens with zero attached hydrogens (tertiary/aromatic N) is 2. The number of carbonyl (C=O) groups is 1. The van der Waals surface area contributed by atoms with E-state index in [1.807, 2.05) is 4.90 Å². The van der Waals surface area contributed by atoms with Crippen LogP contribution < -0.4 is 10.2 Å². The van der Waals surface area contributed by atoms with Crippen molar-refractivity contribution in [2.45, 2.75) is 27.3 Å². The number of hydrogen-bond acceptors (Lipinski definition) is 2. The van der Waals surface area contributed by atoms with Gasteiger partial charge in [0.1, 0.15) is 5.82 Å². The van der Waals surface area contributed by atoms with Crippen molar-refractivity contribution in [1.29, 1.82) is 0 Å². The number of amides is 2. The molecule has 1 fully saturated rings. The van der Waals surface area contributed by atoms with Crippen LogP contribution in [0.3, 0.4) is 0 Å². The quantitative estimate of drug-likeness (QED) is 0.909. The summed E-state index contributed by atoms with van der Waals surface area (Å²) in [7, 11) is 0. The van der Waals surface area contributed by atoms with Crippen LogP contribution in [0.5, 0.6) is 0 Å². The molecule has 2 aromatic carbocycles. The summed E-state index contributed by atoms with van der Waals surface area (Å²) < 4.78 is 12.9. The average molecular weight is 355 g/mol. The van der Waals surface area contributed by atoms with Crippen LogP contribution in [0.2, 0.25) is 0 Å². The third-order valence-electron chi connectivity index (χ3n) is 4.88. The molecule has 4 nitrogen and oxygen atoms in total. The number of rotatable bonds is 3. The Balaban J connectivity index is 1.55. The van der Waals surface area contributed by atoms with Crippen LogP contribution in [0.25, 0.3) is 0 Å². The van der Waals surface area contributed by atoms with Gasteiger partial charge in [-0.1, -0.05) is 29.8 Å². The fraction of sp³-hybridized carbons (Fsp3) is 0.381. The van der Waals surface area contributed by atoms with Crippen LogP contribution in [0.4, 0.5) is 14.9 Å². The van der Waals surface area contributed by atoms with Gasteiger partial charge in [-0.3, -0.25) is 0 Å².